The second-order valence-corrected chi connectivity index (χ2v) is 4.81. The summed E-state index contributed by atoms with van der Waals surface area (Å²) < 4.78 is 22.0. The highest BCUT2D eigenvalue weighted by Gasteiger charge is 2.37. The van der Waals surface area contributed by atoms with Crippen molar-refractivity contribution >= 4 is 15.9 Å². The largest absolute Gasteiger partial charge is 0.384 e. The molecule has 0 saturated carbocycles. The molecule has 1 unspecified atom stereocenters. The van der Waals surface area contributed by atoms with Gasteiger partial charge in [0.2, 0.25) is 15.0 Å². The molecule has 1 atom stereocenters. The Morgan fingerprint density at radius 1 is 1.64 bits per heavy atom. The lowest BCUT2D eigenvalue weighted by molar-refractivity contribution is 0.175. The molecular formula is C7H11N3O3S. The second kappa shape index (κ2) is 3.19. The van der Waals surface area contributed by atoms with Gasteiger partial charge in [-0.05, 0) is 6.08 Å². The first-order valence-corrected chi connectivity index (χ1v) is 5.29. The minimum Gasteiger partial charge on any atom is -0.384 e. The summed E-state index contributed by atoms with van der Waals surface area (Å²) in [5, 5.41) is 21.6. The van der Waals surface area contributed by atoms with Gasteiger partial charge in [-0.25, -0.2) is 13.6 Å². The molecule has 0 aromatic rings. The van der Waals surface area contributed by atoms with E-state index in [4.69, 9.17) is 16.3 Å². The van der Waals surface area contributed by atoms with Crippen LogP contribution < -0.4 is 10.9 Å². The fourth-order valence-corrected chi connectivity index (χ4v) is 1.69. The zero-order valence-corrected chi connectivity index (χ0v) is 8.08. The zero-order chi connectivity index (χ0) is 11.0. The van der Waals surface area contributed by atoms with Crippen LogP contribution >= 0.6 is 0 Å². The minimum atomic E-state index is -4.12. The number of rotatable bonds is 2. The van der Waals surface area contributed by atoms with Crippen molar-refractivity contribution in [3.63, 3.8) is 0 Å². The average molecular weight is 217 g/mol. The molecule has 14 heavy (non-hydrogen) atoms. The lowest BCUT2D eigenvalue weighted by atomic mass is 10.0. The van der Waals surface area contributed by atoms with Crippen LogP contribution in [0.5, 0.6) is 0 Å². The monoisotopic (exact) mass is 217 g/mol. The van der Waals surface area contributed by atoms with E-state index >= 15 is 0 Å². The first-order valence-electron chi connectivity index (χ1n) is 3.75. The van der Waals surface area contributed by atoms with Gasteiger partial charge in [-0.3, -0.25) is 5.41 Å². The quantitative estimate of drug-likeness (QED) is 0.341. The Balaban J connectivity index is 3.20. The first kappa shape index (κ1) is 10.9. The zero-order valence-electron chi connectivity index (χ0n) is 7.27. The van der Waals surface area contributed by atoms with Crippen molar-refractivity contribution < 1.29 is 13.5 Å². The van der Waals surface area contributed by atoms with E-state index in [-0.39, 0.29) is 17.8 Å². The standard InChI is InChI=1S/C7H11N3O3S/c8-6(9)5-2-1-3-7(11,4-5)14(10,12)13/h1-2,4,11H,3H2,(H3,8,9)(H2,10,12,13). The Bertz CT molecular complexity index is 423. The van der Waals surface area contributed by atoms with Gasteiger partial charge in [-0.15, -0.1) is 0 Å². The van der Waals surface area contributed by atoms with E-state index in [0.717, 1.165) is 6.08 Å². The molecular weight excluding hydrogens is 206 g/mol. The molecule has 0 heterocycles. The molecule has 0 bridgehead atoms. The Kier molecular flexibility index (Phi) is 2.49. The summed E-state index contributed by atoms with van der Waals surface area (Å²) in [6, 6.07) is 0. The SMILES string of the molecule is N=C(N)C1=CC(O)(S(N)(=O)=O)CC=C1. The van der Waals surface area contributed by atoms with Gasteiger partial charge in [0.15, 0.2) is 0 Å². The number of hydrogen-bond acceptors (Lipinski definition) is 4. The van der Waals surface area contributed by atoms with Gasteiger partial charge < -0.3 is 10.8 Å². The maximum Gasteiger partial charge on any atom is 0.243 e. The van der Waals surface area contributed by atoms with Gasteiger partial charge in [0.05, 0.1) is 0 Å². The molecule has 78 valence electrons. The molecule has 0 aromatic heterocycles. The molecule has 0 amide bonds. The second-order valence-electron chi connectivity index (χ2n) is 3.01. The van der Waals surface area contributed by atoms with Crippen LogP contribution in [0.1, 0.15) is 6.42 Å². The van der Waals surface area contributed by atoms with Crippen LogP contribution in [0.25, 0.3) is 0 Å². The lowest BCUT2D eigenvalue weighted by Crippen LogP contribution is -2.43. The van der Waals surface area contributed by atoms with Crippen LogP contribution in [0.3, 0.4) is 0 Å². The number of nitrogens with one attached hydrogen (secondary N) is 1. The average Bonchev–Trinajstić information content (AvgIpc) is 2.02. The summed E-state index contributed by atoms with van der Waals surface area (Å²) in [6.45, 7) is 0. The number of aliphatic hydroxyl groups is 1. The molecule has 6 nitrogen and oxygen atoms in total. The molecule has 6 N–H and O–H groups in total. The van der Waals surface area contributed by atoms with Crippen LogP contribution in [-0.2, 0) is 10.0 Å². The third-order valence-corrected chi connectivity index (χ3v) is 3.16. The third-order valence-electron chi connectivity index (χ3n) is 1.89. The van der Waals surface area contributed by atoms with Crippen molar-refractivity contribution in [3.8, 4) is 0 Å². The van der Waals surface area contributed by atoms with Crippen molar-refractivity contribution in [3.05, 3.63) is 23.8 Å². The molecule has 0 fully saturated rings. The Morgan fingerprint density at radius 3 is 2.64 bits per heavy atom. The molecule has 0 spiro atoms. The van der Waals surface area contributed by atoms with Gasteiger partial charge in [0.1, 0.15) is 5.84 Å². The van der Waals surface area contributed by atoms with Gasteiger partial charge in [0, 0.05) is 12.0 Å². The Hall–Kier alpha value is -1.18. The molecule has 0 radical (unpaired) electrons. The van der Waals surface area contributed by atoms with E-state index < -0.39 is 15.0 Å². The first-order chi connectivity index (χ1) is 6.26. The van der Waals surface area contributed by atoms with E-state index in [1.54, 1.807) is 0 Å². The lowest BCUT2D eigenvalue weighted by Gasteiger charge is -2.24. The Labute approximate surface area is 81.5 Å². The molecule has 7 heteroatoms. The molecule has 0 aromatic carbocycles. The van der Waals surface area contributed by atoms with Crippen molar-refractivity contribution in [1.29, 1.82) is 5.41 Å². The van der Waals surface area contributed by atoms with Crippen LogP contribution in [0.2, 0.25) is 0 Å². The summed E-state index contributed by atoms with van der Waals surface area (Å²) in [4.78, 5) is -2.15. The van der Waals surface area contributed by atoms with Crippen molar-refractivity contribution in [1.82, 2.24) is 0 Å². The fraction of sp³-hybridized carbons (Fsp3) is 0.286. The number of sulfonamides is 1. The van der Waals surface area contributed by atoms with Crippen LogP contribution in [0.15, 0.2) is 23.8 Å². The fourth-order valence-electron chi connectivity index (χ4n) is 1.07. The highest BCUT2D eigenvalue weighted by Crippen LogP contribution is 2.24. The summed E-state index contributed by atoms with van der Waals surface area (Å²) >= 11 is 0. The molecule has 1 aliphatic rings. The summed E-state index contributed by atoms with van der Waals surface area (Å²) in [6.07, 6.45) is 3.70. The summed E-state index contributed by atoms with van der Waals surface area (Å²) in [5.74, 6) is -0.317. The number of hydrogen-bond donors (Lipinski definition) is 4. The predicted molar refractivity (Wildman–Crippen MR) is 51.8 cm³/mol. The van der Waals surface area contributed by atoms with Gasteiger partial charge in [-0.1, -0.05) is 12.2 Å². The van der Waals surface area contributed by atoms with Gasteiger partial charge >= 0.3 is 0 Å². The minimum absolute atomic E-state index is 0.136. The van der Waals surface area contributed by atoms with E-state index in [1.165, 1.54) is 12.2 Å². The van der Waals surface area contributed by atoms with Crippen LogP contribution in [-0.4, -0.2) is 24.3 Å². The van der Waals surface area contributed by atoms with Crippen molar-refractivity contribution in [2.75, 3.05) is 0 Å². The van der Waals surface area contributed by atoms with E-state index in [9.17, 15) is 13.5 Å². The topological polar surface area (TPSA) is 130 Å². The van der Waals surface area contributed by atoms with Crippen LogP contribution in [0, 0.1) is 5.41 Å². The van der Waals surface area contributed by atoms with E-state index in [1.807, 2.05) is 0 Å². The van der Waals surface area contributed by atoms with Crippen molar-refractivity contribution in [2.45, 2.75) is 11.4 Å². The third kappa shape index (κ3) is 1.84. The molecule has 1 aliphatic carbocycles. The predicted octanol–water partition coefficient (Wildman–Crippen LogP) is -1.21. The highest BCUT2D eigenvalue weighted by molar-refractivity contribution is 7.90. The normalized spacial score (nSPS) is 27.1. The van der Waals surface area contributed by atoms with Crippen LogP contribution in [0.4, 0.5) is 0 Å². The molecule has 0 saturated heterocycles. The maximum absolute atomic E-state index is 11.0. The van der Waals surface area contributed by atoms with Crippen molar-refractivity contribution in [2.24, 2.45) is 10.9 Å². The molecule has 0 aliphatic heterocycles. The maximum atomic E-state index is 11.0. The summed E-state index contributed by atoms with van der Waals surface area (Å²) in [5.41, 5.74) is 5.29. The summed E-state index contributed by atoms with van der Waals surface area (Å²) in [7, 11) is -4.12. The van der Waals surface area contributed by atoms with Gasteiger partial charge in [-0.2, -0.15) is 0 Å². The van der Waals surface area contributed by atoms with E-state index in [0.29, 0.717) is 0 Å². The van der Waals surface area contributed by atoms with E-state index in [2.05, 4.69) is 0 Å². The number of primary sulfonamides is 1. The van der Waals surface area contributed by atoms with Gasteiger partial charge in [0.25, 0.3) is 0 Å². The molecule has 1 rings (SSSR count). The number of nitrogens with two attached hydrogens (primary N) is 2. The smallest absolute Gasteiger partial charge is 0.243 e. The Morgan fingerprint density at radius 2 is 2.21 bits per heavy atom. The highest BCUT2D eigenvalue weighted by atomic mass is 32.2. The number of amidine groups is 1.